The number of ether oxygens (including phenoxy) is 1. The SMILES string of the molecule is COc1ccc(Cl)cc1NC(=O)C(C)N1CCN(C(=O)c2ccco2)CC1. The summed E-state index contributed by atoms with van der Waals surface area (Å²) in [5, 5.41) is 3.39. The molecule has 0 bridgehead atoms. The molecule has 0 radical (unpaired) electrons. The number of hydrogen-bond donors (Lipinski definition) is 1. The Bertz CT molecular complexity index is 801. The van der Waals surface area contributed by atoms with Crippen LogP contribution < -0.4 is 10.1 Å². The minimum atomic E-state index is -0.352. The van der Waals surface area contributed by atoms with E-state index in [1.54, 1.807) is 35.2 Å². The van der Waals surface area contributed by atoms with Crippen molar-refractivity contribution in [3.63, 3.8) is 0 Å². The third kappa shape index (κ3) is 4.43. The average molecular weight is 392 g/mol. The van der Waals surface area contributed by atoms with Crippen LogP contribution in [0.2, 0.25) is 5.02 Å². The number of amides is 2. The molecule has 2 amide bonds. The number of rotatable bonds is 5. The summed E-state index contributed by atoms with van der Waals surface area (Å²) in [4.78, 5) is 28.7. The highest BCUT2D eigenvalue weighted by Gasteiger charge is 2.29. The minimum absolute atomic E-state index is 0.125. The Morgan fingerprint density at radius 1 is 1.22 bits per heavy atom. The zero-order chi connectivity index (χ0) is 19.4. The standard InChI is InChI=1S/C19H22ClN3O4/c1-13(18(24)21-15-12-14(20)5-6-16(15)26-2)22-7-9-23(10-8-22)19(25)17-4-3-11-27-17/h3-6,11-13H,7-10H2,1-2H3,(H,21,24). The van der Waals surface area contributed by atoms with E-state index < -0.39 is 0 Å². The van der Waals surface area contributed by atoms with Gasteiger partial charge in [0.05, 0.1) is 25.1 Å². The summed E-state index contributed by atoms with van der Waals surface area (Å²) in [5.41, 5.74) is 0.536. The normalized spacial score (nSPS) is 16.0. The molecule has 2 heterocycles. The molecule has 1 aliphatic rings. The molecule has 0 aliphatic carbocycles. The number of piperazine rings is 1. The van der Waals surface area contributed by atoms with Crippen molar-refractivity contribution < 1.29 is 18.7 Å². The van der Waals surface area contributed by atoms with Crippen molar-refractivity contribution in [3.8, 4) is 5.75 Å². The highest BCUT2D eigenvalue weighted by atomic mass is 35.5. The van der Waals surface area contributed by atoms with Crippen LogP contribution in [0.15, 0.2) is 41.0 Å². The highest BCUT2D eigenvalue weighted by molar-refractivity contribution is 6.31. The smallest absolute Gasteiger partial charge is 0.289 e. The molecule has 1 saturated heterocycles. The first-order valence-corrected chi connectivity index (χ1v) is 9.08. The second-order valence-corrected chi connectivity index (χ2v) is 6.75. The summed E-state index contributed by atoms with van der Waals surface area (Å²) < 4.78 is 10.4. The first-order chi connectivity index (χ1) is 13.0. The van der Waals surface area contributed by atoms with E-state index in [1.165, 1.54) is 13.4 Å². The van der Waals surface area contributed by atoms with Crippen molar-refractivity contribution in [2.75, 3.05) is 38.6 Å². The van der Waals surface area contributed by atoms with Crippen LogP contribution in [-0.4, -0.2) is 60.9 Å². The van der Waals surface area contributed by atoms with Gasteiger partial charge in [-0.3, -0.25) is 14.5 Å². The number of anilines is 1. The lowest BCUT2D eigenvalue weighted by atomic mass is 10.2. The fourth-order valence-electron chi connectivity index (χ4n) is 3.05. The summed E-state index contributed by atoms with van der Waals surface area (Å²) in [6.45, 7) is 4.13. The van der Waals surface area contributed by atoms with Gasteiger partial charge >= 0.3 is 0 Å². The van der Waals surface area contributed by atoms with E-state index in [2.05, 4.69) is 5.32 Å². The van der Waals surface area contributed by atoms with Gasteiger partial charge in [-0.05, 0) is 37.3 Å². The molecule has 1 unspecified atom stereocenters. The van der Waals surface area contributed by atoms with Crippen LogP contribution in [0.4, 0.5) is 5.69 Å². The number of carbonyl (C=O) groups is 2. The van der Waals surface area contributed by atoms with E-state index in [1.807, 2.05) is 11.8 Å². The van der Waals surface area contributed by atoms with Crippen LogP contribution in [0.3, 0.4) is 0 Å². The van der Waals surface area contributed by atoms with E-state index in [0.29, 0.717) is 48.4 Å². The van der Waals surface area contributed by atoms with Crippen molar-refractivity contribution in [2.45, 2.75) is 13.0 Å². The molecule has 8 heteroatoms. The molecule has 27 heavy (non-hydrogen) atoms. The number of halogens is 1. The van der Waals surface area contributed by atoms with Crippen LogP contribution in [0.1, 0.15) is 17.5 Å². The van der Waals surface area contributed by atoms with Gasteiger partial charge in [-0.1, -0.05) is 11.6 Å². The molecule has 1 aromatic heterocycles. The maximum atomic E-state index is 12.6. The number of furan rings is 1. The molecule has 1 fully saturated rings. The topological polar surface area (TPSA) is 75.0 Å². The summed E-state index contributed by atoms with van der Waals surface area (Å²) in [6, 6.07) is 8.07. The monoisotopic (exact) mass is 391 g/mol. The minimum Gasteiger partial charge on any atom is -0.495 e. The Balaban J connectivity index is 1.57. The van der Waals surface area contributed by atoms with Crippen molar-refractivity contribution in [1.29, 1.82) is 0 Å². The van der Waals surface area contributed by atoms with Gasteiger partial charge in [0, 0.05) is 31.2 Å². The Morgan fingerprint density at radius 2 is 1.96 bits per heavy atom. The van der Waals surface area contributed by atoms with Crippen molar-refractivity contribution >= 4 is 29.1 Å². The summed E-state index contributed by atoms with van der Waals surface area (Å²) in [7, 11) is 1.54. The number of methoxy groups -OCH3 is 1. The zero-order valence-corrected chi connectivity index (χ0v) is 16.0. The van der Waals surface area contributed by atoms with E-state index in [0.717, 1.165) is 0 Å². The Morgan fingerprint density at radius 3 is 2.59 bits per heavy atom. The number of hydrogen-bond acceptors (Lipinski definition) is 5. The predicted molar refractivity (Wildman–Crippen MR) is 102 cm³/mol. The molecular formula is C19H22ClN3O4. The lowest BCUT2D eigenvalue weighted by molar-refractivity contribution is -0.121. The van der Waals surface area contributed by atoms with Gasteiger partial charge in [0.2, 0.25) is 5.91 Å². The quantitative estimate of drug-likeness (QED) is 0.848. The van der Waals surface area contributed by atoms with Gasteiger partial charge in [0.15, 0.2) is 5.76 Å². The molecule has 0 spiro atoms. The van der Waals surface area contributed by atoms with Crippen LogP contribution in [-0.2, 0) is 4.79 Å². The molecule has 1 N–H and O–H groups in total. The third-order valence-corrected chi connectivity index (χ3v) is 4.92. The molecule has 1 aliphatic heterocycles. The second-order valence-electron chi connectivity index (χ2n) is 6.32. The number of benzene rings is 1. The molecule has 7 nitrogen and oxygen atoms in total. The summed E-state index contributed by atoms with van der Waals surface area (Å²) in [5.74, 6) is 0.609. The molecule has 1 atom stereocenters. The first kappa shape index (κ1) is 19.3. The maximum absolute atomic E-state index is 12.6. The molecule has 1 aromatic carbocycles. The number of carbonyl (C=O) groups excluding carboxylic acids is 2. The van der Waals surface area contributed by atoms with E-state index in [-0.39, 0.29) is 17.9 Å². The fraction of sp³-hybridized carbons (Fsp3) is 0.368. The molecule has 3 rings (SSSR count). The Kier molecular flexibility index (Phi) is 6.03. The van der Waals surface area contributed by atoms with Crippen LogP contribution >= 0.6 is 11.6 Å². The highest BCUT2D eigenvalue weighted by Crippen LogP contribution is 2.28. The van der Waals surface area contributed by atoms with E-state index in [9.17, 15) is 9.59 Å². The lowest BCUT2D eigenvalue weighted by Gasteiger charge is -2.37. The van der Waals surface area contributed by atoms with Crippen molar-refractivity contribution in [2.24, 2.45) is 0 Å². The van der Waals surface area contributed by atoms with E-state index >= 15 is 0 Å². The largest absolute Gasteiger partial charge is 0.495 e. The van der Waals surface area contributed by atoms with Gasteiger partial charge in [-0.25, -0.2) is 0 Å². The maximum Gasteiger partial charge on any atom is 0.289 e. The Hall–Kier alpha value is -2.51. The molecule has 2 aromatic rings. The van der Waals surface area contributed by atoms with Crippen LogP contribution in [0.5, 0.6) is 5.75 Å². The van der Waals surface area contributed by atoms with Gasteiger partial charge in [-0.2, -0.15) is 0 Å². The zero-order valence-electron chi connectivity index (χ0n) is 15.3. The second kappa shape index (κ2) is 8.45. The summed E-state index contributed by atoms with van der Waals surface area (Å²) >= 11 is 6.01. The summed E-state index contributed by atoms with van der Waals surface area (Å²) in [6.07, 6.45) is 1.49. The van der Waals surface area contributed by atoms with Gasteiger partial charge in [-0.15, -0.1) is 0 Å². The van der Waals surface area contributed by atoms with Crippen molar-refractivity contribution in [1.82, 2.24) is 9.80 Å². The van der Waals surface area contributed by atoms with Gasteiger partial charge in [0.1, 0.15) is 5.75 Å². The van der Waals surface area contributed by atoms with Gasteiger partial charge in [0.25, 0.3) is 5.91 Å². The number of nitrogens with one attached hydrogen (secondary N) is 1. The average Bonchev–Trinajstić information content (AvgIpc) is 3.22. The van der Waals surface area contributed by atoms with Crippen LogP contribution in [0.25, 0.3) is 0 Å². The predicted octanol–water partition coefficient (Wildman–Crippen LogP) is 2.73. The molecular weight excluding hydrogens is 370 g/mol. The first-order valence-electron chi connectivity index (χ1n) is 8.71. The molecule has 0 saturated carbocycles. The van der Waals surface area contributed by atoms with E-state index in [4.69, 9.17) is 20.8 Å². The van der Waals surface area contributed by atoms with Crippen LogP contribution in [0, 0.1) is 0 Å². The Labute approximate surface area is 162 Å². The fourth-order valence-corrected chi connectivity index (χ4v) is 3.22. The number of nitrogens with zero attached hydrogens (tertiary/aromatic N) is 2. The lowest BCUT2D eigenvalue weighted by Crippen LogP contribution is -2.54. The van der Waals surface area contributed by atoms with Gasteiger partial charge < -0.3 is 19.4 Å². The molecule has 144 valence electrons. The third-order valence-electron chi connectivity index (χ3n) is 4.68. The van der Waals surface area contributed by atoms with Crippen molar-refractivity contribution in [3.05, 3.63) is 47.4 Å².